The average molecular weight is 336 g/mol. The quantitative estimate of drug-likeness (QED) is 0.458. The first-order chi connectivity index (χ1) is 10.1. The number of rotatable bonds is 0. The van der Waals surface area contributed by atoms with E-state index in [1.54, 1.807) is -0.332 Å². The van der Waals surface area contributed by atoms with Crippen LogP contribution in [0.2, 0.25) is 0 Å². The molecule has 0 amide bonds. The summed E-state index contributed by atoms with van der Waals surface area (Å²) in [5.74, 6) is 0.248. The molecule has 1 aromatic carbocycles. The van der Waals surface area contributed by atoms with E-state index in [2.05, 4.69) is 65.8 Å². The molecule has 2 aliphatic rings. The Bertz CT molecular complexity index is 768. The molecule has 22 heavy (non-hydrogen) atoms. The average Bonchev–Trinajstić information content (AvgIpc) is 2.70. The fourth-order valence-corrected chi connectivity index (χ4v) is 14.0. The van der Waals surface area contributed by atoms with Gasteiger partial charge in [-0.15, -0.1) is 0 Å². The number of allylic oxidation sites excluding steroid dienone is 3. The zero-order chi connectivity index (χ0) is 16.3. The van der Waals surface area contributed by atoms with Gasteiger partial charge in [-0.1, -0.05) is 0 Å². The zero-order valence-corrected chi connectivity index (χ0v) is 18.7. The SMILES string of the molecule is CC(C)(C)[C]1=CC2=C([P]=[K]1)c1ccc(C(C)(C)C)cc1C2=O. The van der Waals surface area contributed by atoms with Crippen molar-refractivity contribution in [2.24, 2.45) is 5.41 Å². The van der Waals surface area contributed by atoms with Crippen LogP contribution < -0.4 is 0 Å². The van der Waals surface area contributed by atoms with Crippen LogP contribution in [-0.4, -0.2) is 50.8 Å². The van der Waals surface area contributed by atoms with Gasteiger partial charge in [-0.3, -0.25) is 0 Å². The van der Waals surface area contributed by atoms with E-state index in [0.29, 0.717) is 0 Å². The third kappa shape index (κ3) is 2.99. The standard InChI is InChI=1S/C19H22OP.K/c1-18(2,3)10-9-14-16(20)15-11-12(19(4,5)6)7-8-13(15)17(14)21;/h7-9,11H,1-6H3;. The van der Waals surface area contributed by atoms with Crippen LogP contribution in [0.1, 0.15) is 63.0 Å². The van der Waals surface area contributed by atoms with E-state index in [9.17, 15) is 4.79 Å². The third-order valence-corrected chi connectivity index (χ3v) is 14.8. The summed E-state index contributed by atoms with van der Waals surface area (Å²) in [5, 5.41) is 1.33. The number of hydrogen-bond acceptors (Lipinski definition) is 1. The molecule has 3 rings (SSSR count). The molecule has 1 aliphatic heterocycles. The molecule has 1 aromatic rings. The minimum absolute atomic E-state index is 0.0856. The van der Waals surface area contributed by atoms with E-state index in [4.69, 9.17) is 0 Å². The number of fused-ring (bicyclic) bond motifs is 2. The van der Waals surface area contributed by atoms with Crippen LogP contribution in [0.4, 0.5) is 0 Å². The molecule has 0 spiro atoms. The van der Waals surface area contributed by atoms with Crippen LogP contribution in [-0.2, 0) is 5.41 Å². The van der Waals surface area contributed by atoms with E-state index in [1.807, 2.05) is 0 Å². The van der Waals surface area contributed by atoms with Crippen molar-refractivity contribution < 1.29 is 4.79 Å². The van der Waals surface area contributed by atoms with Crippen LogP contribution >= 0.6 is 1.16 Å². The first-order valence-corrected chi connectivity index (χ1v) is 15.3. The summed E-state index contributed by atoms with van der Waals surface area (Å²) in [7, 11) is 0. The second-order valence-corrected chi connectivity index (χ2v) is 15.8. The number of Topliss-reactive ketones (excluding diaryl/α,β-unsaturated/α-hetero) is 1. The van der Waals surface area contributed by atoms with Gasteiger partial charge in [0.05, 0.1) is 0 Å². The summed E-state index contributed by atoms with van der Waals surface area (Å²) in [5.41, 5.74) is 4.69. The molecule has 0 aromatic heterocycles. The predicted octanol–water partition coefficient (Wildman–Crippen LogP) is 5.40. The Morgan fingerprint density at radius 1 is 0.955 bits per heavy atom. The summed E-state index contributed by atoms with van der Waals surface area (Å²) < 4.78 is 3.08. The monoisotopic (exact) mass is 336 g/mol. The van der Waals surface area contributed by atoms with Crippen molar-refractivity contribution in [1.29, 1.82) is 0 Å². The van der Waals surface area contributed by atoms with E-state index < -0.39 is 45.0 Å². The molecular formula is C19H22KOP. The molecule has 4 radical (unpaired) electrons. The van der Waals surface area contributed by atoms with Gasteiger partial charge in [0.1, 0.15) is 0 Å². The van der Waals surface area contributed by atoms with Gasteiger partial charge >= 0.3 is 161 Å². The molecule has 0 saturated heterocycles. The van der Waals surface area contributed by atoms with Crippen LogP contribution in [0, 0.1) is 5.41 Å². The van der Waals surface area contributed by atoms with Crippen LogP contribution in [0.25, 0.3) is 5.31 Å². The number of hydrogen-bond donors (Lipinski definition) is 0. The Kier molecular flexibility index (Phi) is 4.43. The van der Waals surface area contributed by atoms with E-state index in [1.165, 1.54) is 17.6 Å². The summed E-state index contributed by atoms with van der Waals surface area (Å²) >= 11 is -1.08. The Balaban J connectivity index is 2.11. The molecule has 110 valence electrons. The van der Waals surface area contributed by atoms with Crippen molar-refractivity contribution in [3.63, 3.8) is 0 Å². The molecule has 0 saturated carbocycles. The van der Waals surface area contributed by atoms with Crippen molar-refractivity contribution in [2.45, 2.75) is 47.0 Å². The van der Waals surface area contributed by atoms with Gasteiger partial charge in [-0.2, -0.15) is 0 Å². The first-order valence-electron chi connectivity index (χ1n) is 8.19. The van der Waals surface area contributed by atoms with Crippen LogP contribution in [0.5, 0.6) is 0 Å². The molecule has 0 bridgehead atoms. The van der Waals surface area contributed by atoms with E-state index in [-0.39, 0.29) is 16.6 Å². The van der Waals surface area contributed by atoms with Crippen molar-refractivity contribution in [3.8, 4) is 0 Å². The third-order valence-electron chi connectivity index (χ3n) is 5.01. The first kappa shape index (κ1) is 17.1. The maximum absolute atomic E-state index is 12.9. The summed E-state index contributed by atoms with van der Waals surface area (Å²) in [6.07, 6.45) is 2.25. The second kappa shape index (κ2) is 5.69. The Morgan fingerprint density at radius 3 is 2.23 bits per heavy atom. The topological polar surface area (TPSA) is 17.1 Å². The van der Waals surface area contributed by atoms with Crippen molar-refractivity contribution in [3.05, 3.63) is 46.2 Å². The number of benzene rings is 1. The maximum atomic E-state index is 12.9. The van der Waals surface area contributed by atoms with Gasteiger partial charge in [-0.05, 0) is 0 Å². The number of ketones is 1. The predicted molar refractivity (Wildman–Crippen MR) is 96.6 cm³/mol. The Hall–Kier alpha value is 0.306. The number of carbonyl (C=O) groups excluding carboxylic acids is 1. The molecule has 0 unspecified atom stereocenters. The van der Waals surface area contributed by atoms with Gasteiger partial charge < -0.3 is 0 Å². The molecule has 1 aliphatic carbocycles. The molecule has 1 nitrogen and oxygen atoms in total. The number of carbonyl (C=O) groups is 1. The summed E-state index contributed by atoms with van der Waals surface area (Å²) in [6.45, 7) is 13.5. The van der Waals surface area contributed by atoms with Crippen molar-refractivity contribution in [1.82, 2.24) is 0 Å². The molecule has 3 heteroatoms. The summed E-state index contributed by atoms with van der Waals surface area (Å²) in [4.78, 5) is 12.9. The molecule has 1 heterocycles. The van der Waals surface area contributed by atoms with Crippen molar-refractivity contribution in [2.75, 3.05) is 0 Å². The van der Waals surface area contributed by atoms with Gasteiger partial charge in [0.25, 0.3) is 0 Å². The van der Waals surface area contributed by atoms with Gasteiger partial charge in [0, 0.05) is 0 Å². The minimum atomic E-state index is -1.08. The normalized spacial score (nSPS) is 18.3. The molecular weight excluding hydrogens is 314 g/mol. The van der Waals surface area contributed by atoms with E-state index >= 15 is 0 Å². The molecule has 0 atom stereocenters. The van der Waals surface area contributed by atoms with Crippen molar-refractivity contribution >= 4 is 57.3 Å². The molecule has 0 fully saturated rings. The molecule has 0 N–H and O–H groups in total. The van der Waals surface area contributed by atoms with Crippen LogP contribution in [0.3, 0.4) is 0 Å². The second-order valence-electron chi connectivity index (χ2n) is 8.63. The van der Waals surface area contributed by atoms with Crippen LogP contribution in [0.15, 0.2) is 29.5 Å². The zero-order valence-electron chi connectivity index (χ0n) is 14.7. The van der Waals surface area contributed by atoms with Gasteiger partial charge in [0.15, 0.2) is 0 Å². The van der Waals surface area contributed by atoms with Gasteiger partial charge in [0.2, 0.25) is 0 Å². The van der Waals surface area contributed by atoms with Gasteiger partial charge in [-0.25, -0.2) is 0 Å². The fourth-order valence-electron chi connectivity index (χ4n) is 3.24. The fraction of sp³-hybridized carbons (Fsp3) is 0.421. The Morgan fingerprint density at radius 2 is 1.64 bits per heavy atom. The Labute approximate surface area is 158 Å². The van der Waals surface area contributed by atoms with E-state index in [0.717, 1.165) is 11.1 Å². The summed E-state index contributed by atoms with van der Waals surface area (Å²) in [6, 6.07) is 6.52.